The summed E-state index contributed by atoms with van der Waals surface area (Å²) in [6.45, 7) is 2.41. The maximum Gasteiger partial charge on any atom is 0.200 e. The molecule has 0 amide bonds. The van der Waals surface area contributed by atoms with Crippen molar-refractivity contribution in [3.8, 4) is 5.75 Å². The number of piperidine rings is 1. The highest BCUT2D eigenvalue weighted by molar-refractivity contribution is 6.00. The van der Waals surface area contributed by atoms with Crippen molar-refractivity contribution < 1.29 is 14.3 Å². The van der Waals surface area contributed by atoms with Gasteiger partial charge in [-0.3, -0.25) is 4.79 Å². The smallest absolute Gasteiger partial charge is 0.200 e. The third kappa shape index (κ3) is 5.47. The molecule has 0 radical (unpaired) electrons. The van der Waals surface area contributed by atoms with E-state index in [9.17, 15) is 4.79 Å². The van der Waals surface area contributed by atoms with E-state index in [4.69, 9.17) is 9.47 Å². The van der Waals surface area contributed by atoms with Crippen LogP contribution in [0.5, 0.6) is 5.75 Å². The van der Waals surface area contributed by atoms with Gasteiger partial charge in [-0.1, -0.05) is 84.9 Å². The molecule has 5 aromatic carbocycles. The van der Waals surface area contributed by atoms with Crippen LogP contribution in [0.25, 0.3) is 21.5 Å². The number of rotatable bonds is 8. The van der Waals surface area contributed by atoms with Crippen LogP contribution in [0, 0.1) is 0 Å². The van der Waals surface area contributed by atoms with Crippen molar-refractivity contribution >= 4 is 27.3 Å². The Morgan fingerprint density at radius 2 is 1.45 bits per heavy atom. The van der Waals surface area contributed by atoms with Crippen LogP contribution in [0.15, 0.2) is 109 Å². The lowest BCUT2D eigenvalue weighted by Crippen LogP contribution is -2.40. The molecule has 0 saturated carbocycles. The molecular formula is C34H31NO3. The first kappa shape index (κ1) is 24.4. The minimum atomic E-state index is -0.0275. The average molecular weight is 502 g/mol. The summed E-state index contributed by atoms with van der Waals surface area (Å²) in [6, 6.07) is 36.9. The maximum atomic E-state index is 12.7. The van der Waals surface area contributed by atoms with Gasteiger partial charge in [0.2, 0.25) is 0 Å². The van der Waals surface area contributed by atoms with E-state index in [1.54, 1.807) is 0 Å². The van der Waals surface area contributed by atoms with Crippen molar-refractivity contribution in [1.82, 2.24) is 5.32 Å². The number of ketones is 1. The summed E-state index contributed by atoms with van der Waals surface area (Å²) in [4.78, 5) is 12.7. The van der Waals surface area contributed by atoms with Crippen LogP contribution in [0.4, 0.5) is 0 Å². The van der Waals surface area contributed by atoms with E-state index < -0.39 is 0 Å². The lowest BCUT2D eigenvalue weighted by atomic mass is 9.87. The molecule has 1 aliphatic rings. The Balaban J connectivity index is 1.07. The van der Waals surface area contributed by atoms with E-state index in [0.717, 1.165) is 30.3 Å². The fourth-order valence-electron chi connectivity index (χ4n) is 5.32. The monoisotopic (exact) mass is 501 g/mol. The van der Waals surface area contributed by atoms with Gasteiger partial charge >= 0.3 is 0 Å². The molecule has 0 aliphatic carbocycles. The number of hydrogen-bond acceptors (Lipinski definition) is 4. The van der Waals surface area contributed by atoms with Crippen LogP contribution in [-0.2, 0) is 11.3 Å². The van der Waals surface area contributed by atoms with Crippen molar-refractivity contribution in [2.45, 2.75) is 25.0 Å². The molecule has 1 heterocycles. The predicted molar refractivity (Wildman–Crippen MR) is 153 cm³/mol. The molecule has 1 N–H and O–H groups in total. The molecule has 0 unspecified atom stereocenters. The van der Waals surface area contributed by atoms with Gasteiger partial charge in [0, 0.05) is 18.0 Å². The first-order valence-corrected chi connectivity index (χ1v) is 13.3. The van der Waals surface area contributed by atoms with Gasteiger partial charge in [-0.15, -0.1) is 0 Å². The molecule has 6 rings (SSSR count). The molecule has 1 saturated heterocycles. The van der Waals surface area contributed by atoms with E-state index >= 15 is 0 Å². The van der Waals surface area contributed by atoms with Crippen LogP contribution < -0.4 is 10.1 Å². The Kier molecular flexibility index (Phi) is 7.16. The van der Waals surface area contributed by atoms with Gasteiger partial charge in [0.1, 0.15) is 5.75 Å². The van der Waals surface area contributed by atoms with Crippen LogP contribution in [0.2, 0.25) is 0 Å². The second-order valence-electron chi connectivity index (χ2n) is 9.97. The van der Waals surface area contributed by atoms with Crippen LogP contribution in [0.3, 0.4) is 0 Å². The summed E-state index contributed by atoms with van der Waals surface area (Å²) in [5.41, 5.74) is 3.09. The van der Waals surface area contributed by atoms with Gasteiger partial charge < -0.3 is 14.8 Å². The predicted octanol–water partition coefficient (Wildman–Crippen LogP) is 6.92. The second-order valence-corrected chi connectivity index (χ2v) is 9.97. The molecule has 0 aromatic heterocycles. The Bertz CT molecular complexity index is 1560. The molecule has 5 aromatic rings. The number of hydrogen-bond donors (Lipinski definition) is 1. The molecule has 2 atom stereocenters. The zero-order valence-electron chi connectivity index (χ0n) is 21.3. The summed E-state index contributed by atoms with van der Waals surface area (Å²) >= 11 is 0. The fraction of sp³-hybridized carbons (Fsp3) is 0.206. The largest absolute Gasteiger partial charge is 0.485 e. The van der Waals surface area contributed by atoms with Crippen molar-refractivity contribution in [2.75, 3.05) is 19.7 Å². The summed E-state index contributed by atoms with van der Waals surface area (Å²) in [7, 11) is 0. The highest BCUT2D eigenvalue weighted by Crippen LogP contribution is 2.30. The van der Waals surface area contributed by atoms with E-state index in [0.29, 0.717) is 23.8 Å². The van der Waals surface area contributed by atoms with Crippen molar-refractivity contribution in [2.24, 2.45) is 0 Å². The average Bonchev–Trinajstić information content (AvgIpc) is 2.99. The number of Topliss-reactive ketones (excluding diaryl/α,β-unsaturated/α-hetero) is 1. The van der Waals surface area contributed by atoms with Crippen molar-refractivity contribution in [3.05, 3.63) is 126 Å². The quantitative estimate of drug-likeness (QED) is 0.235. The fourth-order valence-corrected chi connectivity index (χ4v) is 5.32. The van der Waals surface area contributed by atoms with Crippen molar-refractivity contribution in [1.29, 1.82) is 0 Å². The number of benzene rings is 5. The normalized spacial score (nSPS) is 17.5. The summed E-state index contributed by atoms with van der Waals surface area (Å²) in [5, 5.41) is 8.15. The highest BCUT2D eigenvalue weighted by Gasteiger charge is 2.27. The summed E-state index contributed by atoms with van der Waals surface area (Å²) < 4.78 is 12.3. The molecule has 1 fully saturated rings. The Morgan fingerprint density at radius 3 is 2.21 bits per heavy atom. The van der Waals surface area contributed by atoms with Crippen LogP contribution >= 0.6 is 0 Å². The number of fused-ring (bicyclic) bond motifs is 2. The van der Waals surface area contributed by atoms with Crippen LogP contribution in [0.1, 0.15) is 33.8 Å². The van der Waals surface area contributed by atoms with Gasteiger partial charge in [0.25, 0.3) is 0 Å². The van der Waals surface area contributed by atoms with Gasteiger partial charge in [0.15, 0.2) is 12.4 Å². The molecule has 0 bridgehead atoms. The first-order valence-electron chi connectivity index (χ1n) is 13.3. The zero-order chi connectivity index (χ0) is 25.7. The van der Waals surface area contributed by atoms with Gasteiger partial charge in [-0.25, -0.2) is 0 Å². The molecule has 190 valence electrons. The van der Waals surface area contributed by atoms with Gasteiger partial charge in [-0.2, -0.15) is 0 Å². The summed E-state index contributed by atoms with van der Waals surface area (Å²) in [5.74, 6) is 0.982. The van der Waals surface area contributed by atoms with E-state index in [1.807, 2.05) is 54.6 Å². The highest BCUT2D eigenvalue weighted by atomic mass is 16.5. The lowest BCUT2D eigenvalue weighted by molar-refractivity contribution is 0.0106. The third-order valence-corrected chi connectivity index (χ3v) is 7.45. The number of ether oxygens (including phenoxy) is 2. The van der Waals surface area contributed by atoms with E-state index in [-0.39, 0.29) is 18.5 Å². The molecular weight excluding hydrogens is 470 g/mol. The molecule has 4 nitrogen and oxygen atoms in total. The number of nitrogens with one attached hydrogen (secondary N) is 1. The molecule has 1 aliphatic heterocycles. The van der Waals surface area contributed by atoms with Gasteiger partial charge in [0.05, 0.1) is 12.7 Å². The number of carbonyl (C=O) groups excluding carboxylic acids is 1. The molecule has 4 heteroatoms. The minimum Gasteiger partial charge on any atom is -0.485 e. The molecule has 0 spiro atoms. The van der Waals surface area contributed by atoms with Crippen molar-refractivity contribution in [3.63, 3.8) is 0 Å². The Labute approximate surface area is 223 Å². The van der Waals surface area contributed by atoms with E-state index in [1.165, 1.54) is 21.9 Å². The first-order chi connectivity index (χ1) is 18.7. The third-order valence-electron chi connectivity index (χ3n) is 7.45. The van der Waals surface area contributed by atoms with E-state index in [2.05, 4.69) is 59.9 Å². The van der Waals surface area contributed by atoms with Gasteiger partial charge in [-0.05, 0) is 69.9 Å². The number of carbonyl (C=O) groups is 1. The summed E-state index contributed by atoms with van der Waals surface area (Å²) in [6.07, 6.45) is 1.11. The minimum absolute atomic E-state index is 0.0164. The zero-order valence-corrected chi connectivity index (χ0v) is 21.3. The Hall–Kier alpha value is -3.99. The standard InChI is InChI=1S/C34H31NO3/c36-33(30-12-11-26-6-2-4-8-29(26)20-30)23-37-31-15-13-27(14-16-31)32-17-18-35-21-34(32)38-22-24-9-10-25-5-1-3-7-28(25)19-24/h1-16,19-20,32,34-35H,17-18,21-23H2/t32-,34+/m1/s1. The topological polar surface area (TPSA) is 47.6 Å². The SMILES string of the molecule is O=C(COc1ccc([C@H]2CCNC[C@@H]2OCc2ccc3ccccc3c2)cc1)c1ccc2ccccc2c1. The van der Waals surface area contributed by atoms with Crippen LogP contribution in [-0.4, -0.2) is 31.6 Å². The maximum absolute atomic E-state index is 12.7. The second kappa shape index (κ2) is 11.2. The molecule has 38 heavy (non-hydrogen) atoms. The Morgan fingerprint density at radius 1 is 0.763 bits per heavy atom. The lowest BCUT2D eigenvalue weighted by Gasteiger charge is -2.32.